The summed E-state index contributed by atoms with van der Waals surface area (Å²) in [5.74, 6) is -2.87. The van der Waals surface area contributed by atoms with E-state index in [4.69, 9.17) is 0 Å². The van der Waals surface area contributed by atoms with E-state index in [2.05, 4.69) is 26.3 Å². The number of amides is 3. The van der Waals surface area contributed by atoms with Crippen molar-refractivity contribution in [2.75, 3.05) is 29.0 Å². The molecule has 0 radical (unpaired) electrons. The Labute approximate surface area is 229 Å². The van der Waals surface area contributed by atoms with Gasteiger partial charge in [-0.3, -0.25) is 19.8 Å². The largest absolute Gasteiger partial charge is 0.480 e. The van der Waals surface area contributed by atoms with Gasteiger partial charge in [0.1, 0.15) is 23.5 Å². The number of hydrogen-bond acceptors (Lipinski definition) is 6. The van der Waals surface area contributed by atoms with Crippen molar-refractivity contribution in [2.45, 2.75) is 38.8 Å². The average Bonchev–Trinajstić information content (AvgIpc) is 2.89. The highest BCUT2D eigenvalue weighted by Crippen LogP contribution is 2.26. The van der Waals surface area contributed by atoms with Crippen molar-refractivity contribution < 1.29 is 28.3 Å². The summed E-state index contributed by atoms with van der Waals surface area (Å²) < 4.78 is 27.6. The van der Waals surface area contributed by atoms with Crippen molar-refractivity contribution >= 4 is 40.8 Å². The van der Waals surface area contributed by atoms with Gasteiger partial charge in [-0.1, -0.05) is 18.6 Å². The molecule has 1 atom stereocenters. The molecule has 1 aromatic heterocycles. The maximum atomic E-state index is 13.8. The Bertz CT molecular complexity index is 1370. The van der Waals surface area contributed by atoms with E-state index in [1.807, 2.05) is 17.0 Å². The van der Waals surface area contributed by atoms with Gasteiger partial charge in [0.25, 0.3) is 5.91 Å². The first-order valence-electron chi connectivity index (χ1n) is 12.9. The molecule has 0 aliphatic carbocycles. The Balaban J connectivity index is 1.51. The number of pyridine rings is 1. The van der Waals surface area contributed by atoms with Crippen molar-refractivity contribution in [3.63, 3.8) is 0 Å². The Morgan fingerprint density at radius 1 is 1.00 bits per heavy atom. The molecular formula is C28H30F2N6O4. The van der Waals surface area contributed by atoms with Crippen LogP contribution in [-0.2, 0) is 11.3 Å². The van der Waals surface area contributed by atoms with Crippen molar-refractivity contribution in [2.24, 2.45) is 0 Å². The predicted octanol–water partition coefficient (Wildman–Crippen LogP) is 4.94. The monoisotopic (exact) mass is 552 g/mol. The first kappa shape index (κ1) is 28.4. The summed E-state index contributed by atoms with van der Waals surface area (Å²) in [7, 11) is 0. The van der Waals surface area contributed by atoms with Crippen LogP contribution in [0.4, 0.5) is 36.5 Å². The number of carboxylic acid groups (broad SMARTS) is 1. The van der Waals surface area contributed by atoms with E-state index >= 15 is 0 Å². The Morgan fingerprint density at radius 3 is 2.40 bits per heavy atom. The average molecular weight is 553 g/mol. The molecule has 40 heavy (non-hydrogen) atoms. The summed E-state index contributed by atoms with van der Waals surface area (Å²) in [5, 5.41) is 20.2. The van der Waals surface area contributed by atoms with Crippen LogP contribution in [0.1, 0.15) is 42.1 Å². The van der Waals surface area contributed by atoms with Crippen LogP contribution in [0.25, 0.3) is 0 Å². The number of nitrogens with one attached hydrogen (secondary N) is 4. The molecule has 2 heterocycles. The molecule has 3 amide bonds. The van der Waals surface area contributed by atoms with E-state index in [0.717, 1.165) is 36.6 Å². The van der Waals surface area contributed by atoms with Crippen LogP contribution in [0.5, 0.6) is 0 Å². The molecule has 3 aromatic rings. The molecule has 1 aliphatic rings. The number of benzene rings is 2. The quantitative estimate of drug-likeness (QED) is 0.254. The van der Waals surface area contributed by atoms with Gasteiger partial charge < -0.3 is 21.1 Å². The van der Waals surface area contributed by atoms with E-state index in [1.165, 1.54) is 12.3 Å². The second-order valence-electron chi connectivity index (χ2n) is 9.35. The minimum atomic E-state index is -0.824. The van der Waals surface area contributed by atoms with E-state index in [-0.39, 0.29) is 22.8 Å². The zero-order chi connectivity index (χ0) is 28.6. The van der Waals surface area contributed by atoms with Crippen LogP contribution in [0, 0.1) is 11.6 Å². The number of carboxylic acids is 1. The molecule has 2 aromatic carbocycles. The summed E-state index contributed by atoms with van der Waals surface area (Å²) in [4.78, 5) is 42.8. The van der Waals surface area contributed by atoms with Crippen LogP contribution in [0.2, 0.25) is 0 Å². The molecule has 1 aliphatic heterocycles. The van der Waals surface area contributed by atoms with E-state index in [1.54, 1.807) is 19.1 Å². The van der Waals surface area contributed by atoms with Crippen molar-refractivity contribution in [1.82, 2.24) is 15.2 Å². The first-order chi connectivity index (χ1) is 19.2. The Morgan fingerprint density at radius 2 is 1.73 bits per heavy atom. The van der Waals surface area contributed by atoms with Gasteiger partial charge >= 0.3 is 12.0 Å². The highest BCUT2D eigenvalue weighted by molar-refractivity contribution is 6.08. The van der Waals surface area contributed by atoms with Gasteiger partial charge in [0, 0.05) is 42.8 Å². The summed E-state index contributed by atoms with van der Waals surface area (Å²) in [6.45, 7) is 3.32. The number of aliphatic carboxylic acids is 1. The zero-order valence-electron chi connectivity index (χ0n) is 21.8. The lowest BCUT2D eigenvalue weighted by molar-refractivity contribution is -0.144. The molecule has 210 valence electrons. The predicted molar refractivity (Wildman–Crippen MR) is 147 cm³/mol. The molecule has 0 bridgehead atoms. The van der Waals surface area contributed by atoms with E-state index in [0.29, 0.717) is 31.7 Å². The maximum Gasteiger partial charge on any atom is 0.320 e. The smallest absolute Gasteiger partial charge is 0.320 e. The van der Waals surface area contributed by atoms with E-state index < -0.39 is 35.6 Å². The van der Waals surface area contributed by atoms with Gasteiger partial charge in [-0.15, -0.1) is 0 Å². The number of hydrogen-bond donors (Lipinski definition) is 5. The van der Waals surface area contributed by atoms with Crippen molar-refractivity contribution in [1.29, 1.82) is 0 Å². The molecule has 0 spiro atoms. The molecule has 1 unspecified atom stereocenters. The highest BCUT2D eigenvalue weighted by atomic mass is 19.1. The van der Waals surface area contributed by atoms with Gasteiger partial charge in [-0.25, -0.2) is 18.6 Å². The van der Waals surface area contributed by atoms with Crippen LogP contribution >= 0.6 is 0 Å². The number of urea groups is 1. The third kappa shape index (κ3) is 7.50. The van der Waals surface area contributed by atoms with Gasteiger partial charge in [0.15, 0.2) is 0 Å². The third-order valence-electron chi connectivity index (χ3n) is 6.37. The number of piperidine rings is 1. The van der Waals surface area contributed by atoms with Gasteiger partial charge in [0.2, 0.25) is 0 Å². The van der Waals surface area contributed by atoms with Gasteiger partial charge in [-0.05, 0) is 56.1 Å². The number of likely N-dealkylation sites (tertiary alicyclic amines) is 1. The number of aromatic nitrogens is 1. The van der Waals surface area contributed by atoms with Crippen molar-refractivity contribution in [3.8, 4) is 0 Å². The summed E-state index contributed by atoms with van der Waals surface area (Å²) in [6.07, 6.45) is 3.70. The fourth-order valence-corrected chi connectivity index (χ4v) is 4.50. The molecule has 0 saturated carbocycles. The second-order valence-corrected chi connectivity index (χ2v) is 9.35. The maximum absolute atomic E-state index is 13.8. The number of carbonyl (C=O) groups excluding carboxylic acids is 2. The number of halogens is 2. The first-order valence-corrected chi connectivity index (χ1v) is 12.9. The lowest BCUT2D eigenvalue weighted by Gasteiger charge is -2.32. The van der Waals surface area contributed by atoms with Crippen LogP contribution < -0.4 is 21.3 Å². The Kier molecular flexibility index (Phi) is 9.23. The van der Waals surface area contributed by atoms with E-state index in [9.17, 15) is 28.3 Å². The zero-order valence-corrected chi connectivity index (χ0v) is 21.8. The fourth-order valence-electron chi connectivity index (χ4n) is 4.50. The molecule has 12 heteroatoms. The summed E-state index contributed by atoms with van der Waals surface area (Å²) in [6, 6.07) is 10.3. The third-order valence-corrected chi connectivity index (χ3v) is 6.37. The molecule has 5 N–H and O–H groups in total. The summed E-state index contributed by atoms with van der Waals surface area (Å²) >= 11 is 0. The normalized spacial score (nSPS) is 15.2. The van der Waals surface area contributed by atoms with Crippen molar-refractivity contribution in [3.05, 3.63) is 77.5 Å². The van der Waals surface area contributed by atoms with Gasteiger partial charge in [-0.2, -0.15) is 0 Å². The standard InChI is InChI=1S/C28H30F2N6O4/c1-2-31-28(40)35-25-14-23(33-21-12-18(29)11-19(30)13-21)22(15-32-25)26(37)34-20-8-6-17(7-9-20)16-36-10-4-3-5-24(36)27(38)39/h6-9,11-15,24H,2-5,10,16H2,1H3,(H,34,37)(H,38,39)(H3,31,32,33,35,40). The Hall–Kier alpha value is -4.58. The number of nitrogens with zero attached hydrogens (tertiary/aromatic N) is 2. The highest BCUT2D eigenvalue weighted by Gasteiger charge is 2.28. The van der Waals surface area contributed by atoms with Crippen LogP contribution in [0.3, 0.4) is 0 Å². The number of anilines is 4. The van der Waals surface area contributed by atoms with Crippen LogP contribution in [-0.4, -0.2) is 52.0 Å². The molecular weight excluding hydrogens is 522 g/mol. The summed E-state index contributed by atoms with van der Waals surface area (Å²) in [5.41, 5.74) is 1.67. The lowest BCUT2D eigenvalue weighted by atomic mass is 10.0. The second kappa shape index (κ2) is 13.0. The molecule has 10 nitrogen and oxygen atoms in total. The number of carbonyl (C=O) groups is 3. The molecule has 1 saturated heterocycles. The minimum absolute atomic E-state index is 0.0587. The molecule has 4 rings (SSSR count). The van der Waals surface area contributed by atoms with Crippen LogP contribution in [0.15, 0.2) is 54.7 Å². The molecule has 1 fully saturated rings. The number of rotatable bonds is 9. The SMILES string of the molecule is CCNC(=O)Nc1cc(Nc2cc(F)cc(F)c2)c(C(=O)Nc2ccc(CN3CCCCC3C(=O)O)cc2)cn1. The minimum Gasteiger partial charge on any atom is -0.480 e. The van der Waals surface area contributed by atoms with Gasteiger partial charge in [0.05, 0.1) is 11.3 Å². The topological polar surface area (TPSA) is 136 Å². The fraction of sp³-hybridized carbons (Fsp3) is 0.286. The lowest BCUT2D eigenvalue weighted by Crippen LogP contribution is -2.43.